The van der Waals surface area contributed by atoms with Crippen molar-refractivity contribution < 1.29 is 0 Å². The standard InChI is InChI=1S/C2H4BBr5Si/c1-2(3(4)5)9(6,7)8/h2H,1H3. The first-order valence-corrected chi connectivity index (χ1v) is 12.9. The highest BCUT2D eigenvalue weighted by Crippen LogP contribution is 2.43. The minimum Gasteiger partial charge on any atom is -0.139 e. The van der Waals surface area contributed by atoms with Crippen molar-refractivity contribution in [2.24, 2.45) is 0 Å². The van der Waals surface area contributed by atoms with Crippen molar-refractivity contribution in [1.29, 1.82) is 0 Å². The molecule has 0 heterocycles. The molecule has 0 aliphatic rings. The normalized spacial score (nSPS) is 15.3. The van der Waals surface area contributed by atoms with Crippen LogP contribution in [0, 0.1) is 0 Å². The average molecular weight is 466 g/mol. The molecule has 0 saturated heterocycles. The maximum absolute atomic E-state index is 3.56. The van der Waals surface area contributed by atoms with E-state index in [2.05, 4.69) is 84.3 Å². The van der Waals surface area contributed by atoms with Crippen LogP contribution in [0.3, 0.4) is 0 Å². The number of hydrogen-bond donors (Lipinski definition) is 0. The van der Waals surface area contributed by atoms with Crippen molar-refractivity contribution in [3.8, 4) is 0 Å². The van der Waals surface area contributed by atoms with E-state index in [0.717, 1.165) is 0 Å². The molecule has 0 aromatic rings. The minimum atomic E-state index is -1.48. The number of rotatable bonds is 2. The first kappa shape index (κ1) is 11.7. The van der Waals surface area contributed by atoms with Gasteiger partial charge in [-0.25, -0.2) is 0 Å². The van der Waals surface area contributed by atoms with Crippen molar-refractivity contribution in [3.63, 3.8) is 0 Å². The SMILES string of the molecule is CC(B(Br)Br)[Si](Br)(Br)Br. The maximum atomic E-state index is 3.56. The molecule has 1 atom stereocenters. The van der Waals surface area contributed by atoms with Crippen molar-refractivity contribution in [2.75, 3.05) is 0 Å². The highest BCUT2D eigenvalue weighted by atomic mass is 80.0. The van der Waals surface area contributed by atoms with Crippen molar-refractivity contribution in [3.05, 3.63) is 0 Å². The minimum absolute atomic E-state index is 0.356. The molecule has 9 heavy (non-hydrogen) atoms. The lowest BCUT2D eigenvalue weighted by molar-refractivity contribution is 1.34. The third kappa shape index (κ3) is 5.01. The quantitative estimate of drug-likeness (QED) is 0.420. The zero-order valence-corrected chi connectivity index (χ0v) is 13.5. The smallest absolute Gasteiger partial charge is 0.139 e. The molecule has 0 nitrogen and oxygen atoms in total. The van der Waals surface area contributed by atoms with Gasteiger partial charge in [-0.2, -0.15) is 0 Å². The van der Waals surface area contributed by atoms with Crippen molar-refractivity contribution in [2.45, 2.75) is 12.4 Å². The third-order valence-corrected chi connectivity index (χ3v) is 11.3. The molecule has 0 saturated carbocycles. The van der Waals surface area contributed by atoms with E-state index < -0.39 is 3.93 Å². The van der Waals surface area contributed by atoms with Gasteiger partial charge in [0.1, 0.15) is 0 Å². The summed E-state index contributed by atoms with van der Waals surface area (Å²) < 4.78 is -1.12. The fourth-order valence-corrected chi connectivity index (χ4v) is 11.6. The van der Waals surface area contributed by atoms with Crippen LogP contribution in [0.4, 0.5) is 0 Å². The molecule has 0 fully saturated rings. The van der Waals surface area contributed by atoms with Gasteiger partial charge in [-0.05, 0) is 5.44 Å². The Bertz CT molecular complexity index is 89.4. The van der Waals surface area contributed by atoms with E-state index in [9.17, 15) is 0 Å². The molecule has 0 radical (unpaired) electrons. The summed E-state index contributed by atoms with van der Waals surface area (Å²) in [7, 11) is 0. The Morgan fingerprint density at radius 1 is 1.22 bits per heavy atom. The molecule has 0 aromatic carbocycles. The van der Waals surface area contributed by atoms with Crippen LogP contribution >= 0.6 is 77.4 Å². The van der Waals surface area contributed by atoms with Gasteiger partial charge in [0.2, 0.25) is 0 Å². The Balaban J connectivity index is 3.88. The molecule has 0 N–H and O–H groups in total. The van der Waals surface area contributed by atoms with E-state index in [1.807, 2.05) is 0 Å². The van der Waals surface area contributed by atoms with Crippen molar-refractivity contribution in [1.82, 2.24) is 0 Å². The first-order valence-electron chi connectivity index (χ1n) is 2.20. The Morgan fingerprint density at radius 2 is 1.56 bits per heavy atom. The lowest BCUT2D eigenvalue weighted by atomic mass is 10.1. The van der Waals surface area contributed by atoms with Crippen LogP contribution in [0.25, 0.3) is 0 Å². The lowest BCUT2D eigenvalue weighted by Gasteiger charge is -2.17. The molecule has 0 amide bonds. The molecular weight excluding hydrogens is 462 g/mol. The Kier molecular flexibility index (Phi) is 6.03. The maximum Gasteiger partial charge on any atom is 0.301 e. The third-order valence-electron chi connectivity index (χ3n) is 0.894. The molecule has 0 bridgehead atoms. The Morgan fingerprint density at radius 3 is 1.56 bits per heavy atom. The van der Waals surface area contributed by atoms with E-state index in [1.54, 1.807) is 0 Å². The Labute approximate surface area is 96.7 Å². The largest absolute Gasteiger partial charge is 0.301 e. The Hall–Kier alpha value is 2.68. The van der Waals surface area contributed by atoms with Crippen LogP contribution in [0.15, 0.2) is 0 Å². The summed E-state index contributed by atoms with van der Waals surface area (Å²) in [4.78, 5) is 0. The predicted octanol–water partition coefficient (Wildman–Crippen LogP) is 4.32. The summed E-state index contributed by atoms with van der Waals surface area (Å²) in [5.74, 6) is 0. The summed E-state index contributed by atoms with van der Waals surface area (Å²) in [5.41, 5.74) is 0.539. The summed E-state index contributed by atoms with van der Waals surface area (Å²) in [6.45, 7) is 2.15. The second-order valence-corrected chi connectivity index (χ2v) is 27.7. The van der Waals surface area contributed by atoms with E-state index in [4.69, 9.17) is 0 Å². The monoisotopic (exact) mass is 462 g/mol. The zero-order valence-electron chi connectivity index (χ0n) is 4.54. The average Bonchev–Trinajstić information content (AvgIpc) is 1.62. The molecule has 0 aliphatic heterocycles. The highest BCUT2D eigenvalue weighted by molar-refractivity contribution is 9.72. The molecular formula is C2H4BBr5Si. The molecule has 7 heteroatoms. The summed E-state index contributed by atoms with van der Waals surface area (Å²) >= 11 is 17.5. The van der Waals surface area contributed by atoms with Crippen LogP contribution in [0.2, 0.25) is 5.44 Å². The van der Waals surface area contributed by atoms with Gasteiger partial charge >= 0.3 is 4.36 Å². The van der Waals surface area contributed by atoms with Crippen LogP contribution < -0.4 is 0 Å². The van der Waals surface area contributed by atoms with E-state index >= 15 is 0 Å². The van der Waals surface area contributed by atoms with Crippen LogP contribution in [-0.2, 0) is 0 Å². The van der Waals surface area contributed by atoms with Crippen LogP contribution in [0.5, 0.6) is 0 Å². The van der Waals surface area contributed by atoms with E-state index in [-0.39, 0.29) is 0 Å². The molecule has 0 aromatic heterocycles. The van der Waals surface area contributed by atoms with Crippen LogP contribution in [0.1, 0.15) is 6.92 Å². The lowest BCUT2D eigenvalue weighted by Crippen LogP contribution is -2.22. The topological polar surface area (TPSA) is 0 Å². The van der Waals surface area contributed by atoms with Gasteiger partial charge in [-0.15, -0.1) is 31.5 Å². The van der Waals surface area contributed by atoms with E-state index in [1.165, 1.54) is 0 Å². The second kappa shape index (κ2) is 4.65. The fourth-order valence-electron chi connectivity index (χ4n) is 0.143. The van der Waals surface area contributed by atoms with Gasteiger partial charge in [0, 0.05) is 0 Å². The predicted molar refractivity (Wildman–Crippen MR) is 65.6 cm³/mol. The molecule has 0 aliphatic carbocycles. The van der Waals surface area contributed by atoms with Gasteiger partial charge in [0.05, 0.1) is 0 Å². The highest BCUT2D eigenvalue weighted by Gasteiger charge is 2.36. The van der Waals surface area contributed by atoms with Gasteiger partial charge in [0.15, 0.2) is 0 Å². The van der Waals surface area contributed by atoms with Crippen molar-refractivity contribution >= 4 is 85.7 Å². The molecule has 0 rings (SSSR count). The zero-order chi connectivity index (χ0) is 7.65. The molecule has 1 unspecified atom stereocenters. The number of halogens is 5. The number of hydrogen-bond acceptors (Lipinski definition) is 0. The van der Waals surface area contributed by atoms with Gasteiger partial charge in [0.25, 0.3) is 3.93 Å². The fraction of sp³-hybridized carbons (Fsp3) is 1.00. The van der Waals surface area contributed by atoms with E-state index in [0.29, 0.717) is 9.80 Å². The second-order valence-electron chi connectivity index (χ2n) is 1.66. The van der Waals surface area contributed by atoms with Gasteiger partial charge in [-0.1, -0.05) is 52.8 Å². The molecule has 54 valence electrons. The summed E-state index contributed by atoms with van der Waals surface area (Å²) in [6, 6.07) is 0. The molecule has 0 spiro atoms. The first-order chi connectivity index (χ1) is 3.85. The van der Waals surface area contributed by atoms with Gasteiger partial charge in [-0.3, -0.25) is 0 Å². The van der Waals surface area contributed by atoms with Gasteiger partial charge < -0.3 is 0 Å². The van der Waals surface area contributed by atoms with Crippen LogP contribution in [-0.4, -0.2) is 8.29 Å². The summed E-state index contributed by atoms with van der Waals surface area (Å²) in [5, 5.41) is 0. The summed E-state index contributed by atoms with van der Waals surface area (Å²) in [6.07, 6.45) is 0.